The van der Waals surface area contributed by atoms with Crippen LogP contribution < -0.4 is 40.3 Å². The quantitative estimate of drug-likeness (QED) is 0.0399. The number of nitrogens with zero attached hydrogens (tertiary/aromatic N) is 4. The summed E-state index contributed by atoms with van der Waals surface area (Å²) in [5, 5.41) is 10.4. The molecule has 1 aromatic heterocycles. The van der Waals surface area contributed by atoms with Crippen molar-refractivity contribution in [3.05, 3.63) is 359 Å². The molecule has 0 saturated heterocycles. The van der Waals surface area contributed by atoms with E-state index in [1.54, 1.807) is 181 Å². The molecular formula is C77H65N9O11S4. The minimum absolute atomic E-state index is 0.0871. The van der Waals surface area contributed by atoms with Gasteiger partial charge in [0.05, 0.1) is 51.4 Å². The molecule has 7 N–H and O–H groups in total. The molecule has 24 heteroatoms. The lowest BCUT2D eigenvalue weighted by molar-refractivity contribution is 0.0991. The van der Waals surface area contributed by atoms with E-state index in [4.69, 9.17) is 11.5 Å². The van der Waals surface area contributed by atoms with E-state index in [1.807, 2.05) is 91.0 Å². The van der Waals surface area contributed by atoms with E-state index in [0.29, 0.717) is 44.7 Å². The zero-order valence-electron chi connectivity index (χ0n) is 53.7. The van der Waals surface area contributed by atoms with E-state index < -0.39 is 53.7 Å². The van der Waals surface area contributed by atoms with Gasteiger partial charge in [0, 0.05) is 50.8 Å². The number of benzene rings is 11. The minimum atomic E-state index is -3.92. The van der Waals surface area contributed by atoms with E-state index in [2.05, 4.69) is 20.9 Å². The van der Waals surface area contributed by atoms with Crippen LogP contribution in [0.3, 0.4) is 0 Å². The van der Waals surface area contributed by atoms with Crippen LogP contribution in [0, 0.1) is 0 Å². The number of thiazole rings is 1. The van der Waals surface area contributed by atoms with Gasteiger partial charge >= 0.3 is 0 Å². The third kappa shape index (κ3) is 18.9. The summed E-state index contributed by atoms with van der Waals surface area (Å²) in [6.45, 7) is 0.317. The second-order valence-corrected chi connectivity index (χ2v) is 28.6. The first-order chi connectivity index (χ1) is 48.7. The van der Waals surface area contributed by atoms with E-state index in [-0.39, 0.29) is 56.9 Å². The molecule has 1 heterocycles. The molecule has 0 fully saturated rings. The predicted molar refractivity (Wildman–Crippen MR) is 394 cm³/mol. The van der Waals surface area contributed by atoms with Crippen molar-refractivity contribution in [2.24, 2.45) is 11.5 Å². The maximum Gasteiger partial charge on any atom is 0.264 e. The van der Waals surface area contributed by atoms with Crippen LogP contribution in [0.1, 0.15) is 68.5 Å². The van der Waals surface area contributed by atoms with Gasteiger partial charge in [-0.25, -0.2) is 30.2 Å². The highest BCUT2D eigenvalue weighted by atomic mass is 32.2. The lowest BCUT2D eigenvalue weighted by Gasteiger charge is -2.25. The van der Waals surface area contributed by atoms with Crippen molar-refractivity contribution >= 4 is 105 Å². The lowest BCUT2D eigenvalue weighted by Crippen LogP contribution is -2.30. The first-order valence-corrected chi connectivity index (χ1v) is 36.2. The van der Waals surface area contributed by atoms with Crippen molar-refractivity contribution in [1.82, 2.24) is 4.98 Å². The Morgan fingerprint density at radius 3 is 0.980 bits per heavy atom. The first kappa shape index (κ1) is 71.4. The van der Waals surface area contributed by atoms with Gasteiger partial charge in [-0.05, 0) is 150 Å². The highest BCUT2D eigenvalue weighted by Crippen LogP contribution is 2.31. The fourth-order valence-electron chi connectivity index (χ4n) is 10.1. The third-order valence-corrected chi connectivity index (χ3v) is 21.2. The number of primary amides is 2. The minimum Gasteiger partial charge on any atom is -0.366 e. The fourth-order valence-corrected chi connectivity index (χ4v) is 15.0. The van der Waals surface area contributed by atoms with Crippen molar-refractivity contribution in [3.63, 3.8) is 0 Å². The number of amides is 5. The van der Waals surface area contributed by atoms with Gasteiger partial charge < -0.3 is 22.1 Å². The Kier molecular flexibility index (Phi) is 23.5. The van der Waals surface area contributed by atoms with Crippen molar-refractivity contribution in [2.45, 2.75) is 34.3 Å². The van der Waals surface area contributed by atoms with Gasteiger partial charge in [0.25, 0.3) is 47.8 Å². The monoisotopic (exact) mass is 1420 g/mol. The molecule has 11 aromatic carbocycles. The Morgan fingerprint density at radius 2 is 0.644 bits per heavy atom. The number of nitrogens with two attached hydrogens (primary N) is 2. The van der Waals surface area contributed by atoms with Crippen molar-refractivity contribution in [1.29, 1.82) is 0 Å². The molecule has 20 nitrogen and oxygen atoms in total. The molecule has 0 radical (unpaired) electrons. The number of nitrogens with one attached hydrogen (secondary N) is 3. The van der Waals surface area contributed by atoms with Gasteiger partial charge in [-0.1, -0.05) is 170 Å². The highest BCUT2D eigenvalue weighted by molar-refractivity contribution is 7.93. The van der Waals surface area contributed by atoms with E-state index in [1.165, 1.54) is 66.7 Å². The second-order valence-electron chi connectivity index (χ2n) is 22.2. The van der Waals surface area contributed by atoms with Crippen LogP contribution in [0.25, 0.3) is 0 Å². The summed E-state index contributed by atoms with van der Waals surface area (Å²) in [6.07, 6.45) is 1.60. The highest BCUT2D eigenvalue weighted by Gasteiger charge is 2.29. The summed E-state index contributed by atoms with van der Waals surface area (Å²) in [6, 6.07) is 84.2. The van der Waals surface area contributed by atoms with Crippen molar-refractivity contribution < 1.29 is 49.2 Å². The molecule has 0 unspecified atom stereocenters. The summed E-state index contributed by atoms with van der Waals surface area (Å²) in [7, 11) is -11.7. The van der Waals surface area contributed by atoms with Gasteiger partial charge in [-0.15, -0.1) is 11.3 Å². The van der Waals surface area contributed by atoms with Gasteiger partial charge in [0.1, 0.15) is 0 Å². The van der Waals surface area contributed by atoms with Crippen LogP contribution in [-0.2, 0) is 49.7 Å². The van der Waals surface area contributed by atoms with Gasteiger partial charge in [-0.2, -0.15) is 0 Å². The van der Waals surface area contributed by atoms with Crippen molar-refractivity contribution in [3.8, 4) is 0 Å². The Labute approximate surface area is 589 Å². The summed E-state index contributed by atoms with van der Waals surface area (Å²) in [5.74, 6) is -2.39. The van der Waals surface area contributed by atoms with Gasteiger partial charge in [0.2, 0.25) is 11.8 Å². The number of anilines is 6. The van der Waals surface area contributed by atoms with Crippen LogP contribution in [0.4, 0.5) is 33.6 Å². The van der Waals surface area contributed by atoms with Crippen LogP contribution in [-0.4, -0.2) is 59.8 Å². The van der Waals surface area contributed by atoms with Crippen LogP contribution in [0.5, 0.6) is 0 Å². The molecule has 0 aliphatic rings. The molecule has 5 amide bonds. The number of carbonyl (C=O) groups excluding carboxylic acids is 5. The Bertz CT molecular complexity index is 5190. The average Bonchev–Trinajstić information content (AvgIpc) is 1.07. The average molecular weight is 1420 g/mol. The standard InChI is InChI=1S/2C27H23N3O4S.C23H19N3O3S2/c28-26(31)21-11-7-13-23(17-21)29-27(32)22-12-8-14-24(18-22)30(19-20-9-3-1-4-10-20)35(33,34)25-15-5-2-6-16-25;28-26(31)21-14-16-23(17-15-21)29-27(32)22-10-7-11-24(18-22)30(19-20-8-3-1-4-9-20)35(33,34)25-12-5-2-6-13-25;27-22(25-23-24-14-15-30-23)19-10-7-11-20(16-19)26(17-18-8-3-1-4-9-18)31(28,29)21-12-5-2-6-13-21/h2*1-18H,19H2,(H2,28,31)(H,29,32);1-16H,17H2,(H,24,25,27). The Balaban J connectivity index is 0.000000164. The summed E-state index contributed by atoms with van der Waals surface area (Å²) in [4.78, 5) is 65.7. The molecule has 0 aliphatic heterocycles. The second kappa shape index (κ2) is 33.3. The normalized spacial score (nSPS) is 11.0. The van der Waals surface area contributed by atoms with E-state index in [9.17, 15) is 49.2 Å². The number of sulfonamides is 3. The van der Waals surface area contributed by atoms with Crippen LogP contribution in [0.15, 0.2) is 330 Å². The summed E-state index contributed by atoms with van der Waals surface area (Å²) in [5.41, 5.74) is 16.4. The zero-order chi connectivity index (χ0) is 71.4. The Morgan fingerprint density at radius 1 is 0.327 bits per heavy atom. The maximum atomic E-state index is 13.6. The Hall–Kier alpha value is -12.4. The van der Waals surface area contributed by atoms with Crippen LogP contribution in [0.2, 0.25) is 0 Å². The maximum absolute atomic E-state index is 13.6. The number of hydrogen-bond acceptors (Lipinski definition) is 13. The number of rotatable bonds is 23. The number of hydrogen-bond donors (Lipinski definition) is 5. The molecule has 0 spiro atoms. The van der Waals surface area contributed by atoms with E-state index in [0.717, 1.165) is 16.7 Å². The topological polar surface area (TPSA) is 299 Å². The molecular weight excluding hydrogens is 1360 g/mol. The molecule has 0 saturated carbocycles. The molecule has 508 valence electrons. The number of aromatic nitrogens is 1. The lowest BCUT2D eigenvalue weighted by atomic mass is 10.1. The smallest absolute Gasteiger partial charge is 0.264 e. The molecule has 0 atom stereocenters. The van der Waals surface area contributed by atoms with Crippen molar-refractivity contribution in [2.75, 3.05) is 28.9 Å². The molecule has 0 bridgehead atoms. The summed E-state index contributed by atoms with van der Waals surface area (Å²) >= 11 is 1.31. The summed E-state index contributed by atoms with van der Waals surface area (Å²) < 4.78 is 85.2. The van der Waals surface area contributed by atoms with Gasteiger partial charge in [0.15, 0.2) is 5.13 Å². The SMILES string of the molecule is NC(=O)c1ccc(NC(=O)c2cccc(N(Cc3ccccc3)S(=O)(=O)c3ccccc3)c2)cc1.NC(=O)c1cccc(NC(=O)c2cccc(N(Cc3ccccc3)S(=O)(=O)c3ccccc3)c2)c1.O=C(Nc1nccs1)c1cccc(N(Cc2ccccc2)S(=O)(=O)c2ccccc2)c1. The molecule has 12 aromatic rings. The van der Waals surface area contributed by atoms with Crippen LogP contribution >= 0.6 is 11.3 Å². The fraction of sp³-hybridized carbons (Fsp3) is 0.0390. The predicted octanol–water partition coefficient (Wildman–Crippen LogP) is 13.7. The number of carbonyl (C=O) groups is 5. The first-order valence-electron chi connectivity index (χ1n) is 31.0. The molecule has 12 rings (SSSR count). The molecule has 0 aliphatic carbocycles. The van der Waals surface area contributed by atoms with E-state index >= 15 is 0 Å². The molecule has 101 heavy (non-hydrogen) atoms. The van der Waals surface area contributed by atoms with Gasteiger partial charge in [-0.3, -0.25) is 42.2 Å². The third-order valence-electron chi connectivity index (χ3n) is 15.2. The zero-order valence-corrected chi connectivity index (χ0v) is 57.0. The largest absolute Gasteiger partial charge is 0.366 e.